The van der Waals surface area contributed by atoms with Crippen molar-refractivity contribution in [1.29, 1.82) is 0 Å². The number of nitrogens with zero attached hydrogens (tertiary/aromatic N) is 2. The third-order valence-corrected chi connectivity index (χ3v) is 5.27. The Kier molecular flexibility index (Phi) is 5.45. The number of rotatable bonds is 6. The number of carbonyl (C=O) groups is 1. The molecule has 0 saturated carbocycles. The summed E-state index contributed by atoms with van der Waals surface area (Å²) < 4.78 is 12.4. The van der Waals surface area contributed by atoms with Crippen molar-refractivity contribution >= 4 is 17.6 Å². The van der Waals surface area contributed by atoms with Gasteiger partial charge >= 0.3 is 5.97 Å². The number of aromatic amines is 1. The number of aliphatic hydroxyl groups is 1. The van der Waals surface area contributed by atoms with Crippen LogP contribution in [0.1, 0.15) is 23.0 Å². The van der Waals surface area contributed by atoms with Crippen LogP contribution in [0.3, 0.4) is 0 Å². The third kappa shape index (κ3) is 3.81. The average molecular weight is 416 g/mol. The lowest BCUT2D eigenvalue weighted by molar-refractivity contribution is -0.103. The fourth-order valence-corrected chi connectivity index (χ4v) is 3.60. The van der Waals surface area contributed by atoms with Crippen LogP contribution in [-0.2, 0) is 16.0 Å². The quantitative estimate of drug-likeness (QED) is 0.602. The molecule has 0 amide bonds. The number of nitrogens with one attached hydrogen (secondary N) is 1. The fourth-order valence-electron chi connectivity index (χ4n) is 3.36. The van der Waals surface area contributed by atoms with Crippen LogP contribution in [0.4, 0.5) is 0 Å². The summed E-state index contributed by atoms with van der Waals surface area (Å²) in [4.78, 5) is 16.3. The molecule has 1 aliphatic rings. The molecule has 7 nitrogen and oxygen atoms in total. The van der Waals surface area contributed by atoms with E-state index in [0.717, 1.165) is 16.8 Å². The molecule has 29 heavy (non-hydrogen) atoms. The number of hydrogen-bond acceptors (Lipinski definition) is 5. The standard InChI is InChI=1S/C21H22ClN3O4/c1-12(26)9-25-13(2)16(8-24-25)20-19(21(27)29-14-10-28-11-14)17(7-23-20)15-5-3-4-6-18(15)22/h3-8,12,14,23,26H,9-11H2,1-2H3/t12-/m0/s1. The van der Waals surface area contributed by atoms with Crippen LogP contribution in [0.5, 0.6) is 0 Å². The Morgan fingerprint density at radius 1 is 1.38 bits per heavy atom. The van der Waals surface area contributed by atoms with Crippen molar-refractivity contribution in [1.82, 2.24) is 14.8 Å². The van der Waals surface area contributed by atoms with Crippen LogP contribution in [0.25, 0.3) is 22.4 Å². The van der Waals surface area contributed by atoms with Gasteiger partial charge in [0.05, 0.1) is 43.3 Å². The van der Waals surface area contributed by atoms with Gasteiger partial charge in [0.1, 0.15) is 6.10 Å². The van der Waals surface area contributed by atoms with Crippen LogP contribution in [0.2, 0.25) is 5.02 Å². The molecule has 1 fully saturated rings. The van der Waals surface area contributed by atoms with Gasteiger partial charge in [-0.3, -0.25) is 4.68 Å². The van der Waals surface area contributed by atoms with Crippen LogP contribution in [0.15, 0.2) is 36.7 Å². The SMILES string of the molecule is Cc1c(-c2[nH]cc(-c3ccccc3Cl)c2C(=O)OC2COC2)cnn1C[C@H](C)O. The van der Waals surface area contributed by atoms with Crippen molar-refractivity contribution in [2.75, 3.05) is 13.2 Å². The number of aromatic nitrogens is 3. The Balaban J connectivity index is 1.81. The minimum absolute atomic E-state index is 0.247. The van der Waals surface area contributed by atoms with E-state index in [4.69, 9.17) is 21.1 Å². The Bertz CT molecular complexity index is 1040. The zero-order chi connectivity index (χ0) is 20.5. The highest BCUT2D eigenvalue weighted by Crippen LogP contribution is 2.37. The lowest BCUT2D eigenvalue weighted by Crippen LogP contribution is -2.37. The summed E-state index contributed by atoms with van der Waals surface area (Å²) >= 11 is 6.40. The number of esters is 1. The third-order valence-electron chi connectivity index (χ3n) is 4.94. The van der Waals surface area contributed by atoms with E-state index in [1.807, 2.05) is 25.1 Å². The Labute approximate surface area is 173 Å². The number of halogens is 1. The van der Waals surface area contributed by atoms with E-state index in [1.54, 1.807) is 30.1 Å². The first-order valence-corrected chi connectivity index (χ1v) is 9.79. The highest BCUT2D eigenvalue weighted by Gasteiger charge is 2.29. The van der Waals surface area contributed by atoms with Crippen LogP contribution < -0.4 is 0 Å². The molecule has 2 N–H and O–H groups in total. The van der Waals surface area contributed by atoms with Gasteiger partial charge in [0.2, 0.25) is 0 Å². The first-order valence-electron chi connectivity index (χ1n) is 9.41. The maximum absolute atomic E-state index is 13.1. The van der Waals surface area contributed by atoms with Crippen molar-refractivity contribution in [3.63, 3.8) is 0 Å². The van der Waals surface area contributed by atoms with Gasteiger partial charge in [-0.2, -0.15) is 5.10 Å². The Hall–Kier alpha value is -2.61. The molecule has 0 radical (unpaired) electrons. The Morgan fingerprint density at radius 3 is 2.79 bits per heavy atom. The first kappa shape index (κ1) is 19.7. The number of H-pyrrole nitrogens is 1. The molecular formula is C21H22ClN3O4. The van der Waals surface area contributed by atoms with Gasteiger partial charge < -0.3 is 19.6 Å². The lowest BCUT2D eigenvalue weighted by Gasteiger charge is -2.25. The van der Waals surface area contributed by atoms with Crippen molar-refractivity contribution in [3.05, 3.63) is 52.9 Å². The fraction of sp³-hybridized carbons (Fsp3) is 0.333. The zero-order valence-electron chi connectivity index (χ0n) is 16.2. The molecule has 3 aromatic rings. The zero-order valence-corrected chi connectivity index (χ0v) is 16.9. The molecule has 152 valence electrons. The number of carbonyl (C=O) groups excluding carboxylic acids is 1. The molecule has 0 aliphatic carbocycles. The second-order valence-electron chi connectivity index (χ2n) is 7.17. The predicted molar refractivity (Wildman–Crippen MR) is 109 cm³/mol. The molecule has 1 aliphatic heterocycles. The first-order chi connectivity index (χ1) is 14.0. The summed E-state index contributed by atoms with van der Waals surface area (Å²) in [7, 11) is 0. The van der Waals surface area contributed by atoms with Gasteiger partial charge in [0, 0.05) is 33.6 Å². The van der Waals surface area contributed by atoms with E-state index in [2.05, 4.69) is 10.1 Å². The molecule has 1 aromatic carbocycles. The van der Waals surface area contributed by atoms with Crippen LogP contribution in [-0.4, -0.2) is 51.3 Å². The molecule has 3 heterocycles. The monoisotopic (exact) mass is 415 g/mol. The van der Waals surface area contributed by atoms with E-state index in [9.17, 15) is 9.90 Å². The molecule has 4 rings (SSSR count). The normalized spacial score (nSPS) is 15.2. The Morgan fingerprint density at radius 2 is 2.14 bits per heavy atom. The van der Waals surface area contributed by atoms with Gasteiger partial charge in [-0.25, -0.2) is 4.79 Å². The summed E-state index contributed by atoms with van der Waals surface area (Å²) in [6.07, 6.45) is 2.66. The maximum atomic E-state index is 13.1. The van der Waals surface area contributed by atoms with Gasteiger partial charge in [0.25, 0.3) is 0 Å². The topological polar surface area (TPSA) is 89.4 Å². The smallest absolute Gasteiger partial charge is 0.341 e. The summed E-state index contributed by atoms with van der Waals surface area (Å²) in [5, 5.41) is 14.6. The van der Waals surface area contributed by atoms with E-state index in [0.29, 0.717) is 41.6 Å². The molecule has 0 spiro atoms. The van der Waals surface area contributed by atoms with Crippen LogP contribution >= 0.6 is 11.6 Å². The molecule has 0 unspecified atom stereocenters. The van der Waals surface area contributed by atoms with Crippen molar-refractivity contribution in [3.8, 4) is 22.4 Å². The molecule has 2 aromatic heterocycles. The maximum Gasteiger partial charge on any atom is 0.341 e. The minimum atomic E-state index is -0.535. The second kappa shape index (κ2) is 8.02. The summed E-state index contributed by atoms with van der Waals surface area (Å²) in [5.41, 5.74) is 4.02. The molecular weight excluding hydrogens is 394 g/mol. The number of benzene rings is 1. The highest BCUT2D eigenvalue weighted by molar-refractivity contribution is 6.33. The average Bonchev–Trinajstić information content (AvgIpc) is 3.22. The van der Waals surface area contributed by atoms with E-state index >= 15 is 0 Å². The predicted octanol–water partition coefficient (Wildman–Crippen LogP) is 3.44. The van der Waals surface area contributed by atoms with Crippen molar-refractivity contribution in [2.24, 2.45) is 0 Å². The molecule has 1 atom stereocenters. The number of hydrogen-bond donors (Lipinski definition) is 2. The number of ether oxygens (including phenoxy) is 2. The van der Waals surface area contributed by atoms with E-state index in [1.165, 1.54) is 0 Å². The van der Waals surface area contributed by atoms with Gasteiger partial charge in [-0.1, -0.05) is 29.8 Å². The largest absolute Gasteiger partial charge is 0.454 e. The summed E-state index contributed by atoms with van der Waals surface area (Å²) in [6.45, 7) is 4.77. The molecule has 1 saturated heterocycles. The highest BCUT2D eigenvalue weighted by atomic mass is 35.5. The van der Waals surface area contributed by atoms with Gasteiger partial charge in [0.15, 0.2) is 0 Å². The molecule has 8 heteroatoms. The molecule has 0 bridgehead atoms. The summed E-state index contributed by atoms with van der Waals surface area (Å²) in [6, 6.07) is 7.36. The van der Waals surface area contributed by atoms with Crippen molar-refractivity contribution in [2.45, 2.75) is 32.6 Å². The van der Waals surface area contributed by atoms with E-state index < -0.39 is 12.1 Å². The lowest BCUT2D eigenvalue weighted by atomic mass is 10.00. The van der Waals surface area contributed by atoms with Crippen LogP contribution in [0, 0.1) is 6.92 Å². The number of aliphatic hydroxyl groups excluding tert-OH is 1. The van der Waals surface area contributed by atoms with Crippen molar-refractivity contribution < 1.29 is 19.4 Å². The summed E-state index contributed by atoms with van der Waals surface area (Å²) in [5.74, 6) is -0.438. The minimum Gasteiger partial charge on any atom is -0.454 e. The van der Waals surface area contributed by atoms with E-state index in [-0.39, 0.29) is 6.10 Å². The van der Waals surface area contributed by atoms with Gasteiger partial charge in [-0.15, -0.1) is 0 Å². The van der Waals surface area contributed by atoms with Gasteiger partial charge in [-0.05, 0) is 19.9 Å². The second-order valence-corrected chi connectivity index (χ2v) is 7.58.